The second-order valence-corrected chi connectivity index (χ2v) is 2.69. The van der Waals surface area contributed by atoms with Crippen LogP contribution in [-0.4, -0.2) is 21.9 Å². The highest BCUT2D eigenvalue weighted by Gasteiger charge is 2.10. The molecule has 1 atom stereocenters. The number of aromatic nitrogens is 2. The quantitative estimate of drug-likeness (QED) is 0.753. The average Bonchev–Trinajstić information content (AvgIpc) is 2.26. The molecule has 1 amide bonds. The lowest BCUT2D eigenvalue weighted by molar-refractivity contribution is 0.0944. The van der Waals surface area contributed by atoms with Crippen molar-refractivity contribution in [2.75, 3.05) is 0 Å². The molecule has 5 heteroatoms. The molecular weight excluding hydrogens is 180 g/mol. The number of rotatable bonds is 3. The Labute approximate surface area is 81.8 Å². The molecule has 0 spiro atoms. The average molecular weight is 190 g/mol. The van der Waals surface area contributed by atoms with Crippen molar-refractivity contribution in [3.05, 3.63) is 24.3 Å². The van der Waals surface area contributed by atoms with E-state index >= 15 is 0 Å². The summed E-state index contributed by atoms with van der Waals surface area (Å²) in [6.07, 6.45) is 4.74. The van der Waals surface area contributed by atoms with Crippen molar-refractivity contribution in [2.24, 2.45) is 0 Å². The van der Waals surface area contributed by atoms with Crippen molar-refractivity contribution in [3.8, 4) is 6.07 Å². The molecule has 5 nitrogen and oxygen atoms in total. The zero-order valence-corrected chi connectivity index (χ0v) is 7.77. The smallest absolute Gasteiger partial charge is 0.255 e. The van der Waals surface area contributed by atoms with Crippen LogP contribution < -0.4 is 5.32 Å². The van der Waals surface area contributed by atoms with Crippen LogP contribution in [0.4, 0.5) is 0 Å². The first-order valence-corrected chi connectivity index (χ1v) is 4.23. The molecule has 14 heavy (non-hydrogen) atoms. The van der Waals surface area contributed by atoms with Gasteiger partial charge in [-0.15, -0.1) is 0 Å². The van der Waals surface area contributed by atoms with Gasteiger partial charge in [0.1, 0.15) is 12.4 Å². The molecule has 0 fully saturated rings. The van der Waals surface area contributed by atoms with E-state index in [9.17, 15) is 4.79 Å². The Kier molecular flexibility index (Phi) is 3.56. The van der Waals surface area contributed by atoms with Crippen molar-refractivity contribution < 1.29 is 4.79 Å². The van der Waals surface area contributed by atoms with E-state index in [1.807, 2.05) is 13.0 Å². The summed E-state index contributed by atoms with van der Waals surface area (Å²) in [6.45, 7) is 1.83. The zero-order valence-electron chi connectivity index (χ0n) is 7.77. The van der Waals surface area contributed by atoms with Gasteiger partial charge in [-0.2, -0.15) is 5.26 Å². The lowest BCUT2D eigenvalue weighted by Gasteiger charge is -2.07. The largest absolute Gasteiger partial charge is 0.336 e. The fourth-order valence-electron chi connectivity index (χ4n) is 0.884. The van der Waals surface area contributed by atoms with E-state index in [2.05, 4.69) is 15.3 Å². The summed E-state index contributed by atoms with van der Waals surface area (Å²) >= 11 is 0. The number of amides is 1. The van der Waals surface area contributed by atoms with E-state index in [1.165, 1.54) is 18.7 Å². The normalized spacial score (nSPS) is 11.4. The molecule has 72 valence electrons. The number of hydrogen-bond donors (Lipinski definition) is 1. The van der Waals surface area contributed by atoms with Gasteiger partial charge in [0.2, 0.25) is 0 Å². The summed E-state index contributed by atoms with van der Waals surface area (Å²) in [6, 6.07) is 1.52. The SMILES string of the molecule is CCC(C#N)NC(=O)c1cncnc1. The first-order chi connectivity index (χ1) is 6.77. The van der Waals surface area contributed by atoms with E-state index in [-0.39, 0.29) is 5.91 Å². The monoisotopic (exact) mass is 190 g/mol. The van der Waals surface area contributed by atoms with Crippen LogP contribution in [0.3, 0.4) is 0 Å². The Morgan fingerprint density at radius 1 is 1.64 bits per heavy atom. The predicted octanol–water partition coefficient (Wildman–Crippen LogP) is 0.509. The minimum absolute atomic E-state index is 0.320. The molecule has 1 aromatic heterocycles. The van der Waals surface area contributed by atoms with Crippen molar-refractivity contribution in [3.63, 3.8) is 0 Å². The number of carbonyl (C=O) groups is 1. The Morgan fingerprint density at radius 3 is 2.79 bits per heavy atom. The van der Waals surface area contributed by atoms with Crippen LogP contribution in [0.5, 0.6) is 0 Å². The fraction of sp³-hybridized carbons (Fsp3) is 0.333. The molecule has 0 bridgehead atoms. The van der Waals surface area contributed by atoms with Crippen LogP contribution >= 0.6 is 0 Å². The van der Waals surface area contributed by atoms with Gasteiger partial charge in [-0.1, -0.05) is 6.92 Å². The number of nitriles is 1. The van der Waals surface area contributed by atoms with E-state index < -0.39 is 6.04 Å². The van der Waals surface area contributed by atoms with Crippen LogP contribution in [0, 0.1) is 11.3 Å². The van der Waals surface area contributed by atoms with Gasteiger partial charge in [0, 0.05) is 12.4 Å². The second kappa shape index (κ2) is 4.92. The Hall–Kier alpha value is -1.96. The van der Waals surface area contributed by atoms with Crippen molar-refractivity contribution in [2.45, 2.75) is 19.4 Å². The van der Waals surface area contributed by atoms with E-state index in [4.69, 9.17) is 5.26 Å². The molecular formula is C9H10N4O. The summed E-state index contributed by atoms with van der Waals surface area (Å²) in [5.41, 5.74) is 0.362. The molecule has 0 aromatic carbocycles. The molecule has 0 aliphatic rings. The van der Waals surface area contributed by atoms with Gasteiger partial charge < -0.3 is 5.32 Å². The molecule has 1 unspecified atom stereocenters. The highest BCUT2D eigenvalue weighted by molar-refractivity contribution is 5.93. The van der Waals surface area contributed by atoms with Gasteiger partial charge in [-0.05, 0) is 6.42 Å². The Balaban J connectivity index is 2.64. The molecule has 1 N–H and O–H groups in total. The third kappa shape index (κ3) is 2.52. The standard InChI is InChI=1S/C9H10N4O/c1-2-8(3-10)13-9(14)7-4-11-6-12-5-7/h4-6,8H,2H2,1H3,(H,13,14). The first-order valence-electron chi connectivity index (χ1n) is 4.23. The van der Waals surface area contributed by atoms with E-state index in [0.29, 0.717) is 12.0 Å². The van der Waals surface area contributed by atoms with Crippen LogP contribution in [0.2, 0.25) is 0 Å². The Bertz CT molecular complexity index is 344. The fourth-order valence-corrected chi connectivity index (χ4v) is 0.884. The topological polar surface area (TPSA) is 78.7 Å². The zero-order chi connectivity index (χ0) is 10.4. The molecule has 0 saturated carbocycles. The van der Waals surface area contributed by atoms with Crippen LogP contribution in [-0.2, 0) is 0 Å². The highest BCUT2D eigenvalue weighted by Crippen LogP contribution is 1.95. The van der Waals surface area contributed by atoms with Gasteiger partial charge >= 0.3 is 0 Å². The number of nitrogens with zero attached hydrogens (tertiary/aromatic N) is 3. The van der Waals surface area contributed by atoms with Crippen molar-refractivity contribution in [1.82, 2.24) is 15.3 Å². The maximum absolute atomic E-state index is 11.4. The lowest BCUT2D eigenvalue weighted by atomic mass is 10.2. The second-order valence-electron chi connectivity index (χ2n) is 2.69. The maximum atomic E-state index is 11.4. The molecule has 1 rings (SSSR count). The number of carbonyl (C=O) groups excluding carboxylic acids is 1. The summed E-state index contributed by atoms with van der Waals surface area (Å²) < 4.78 is 0. The maximum Gasteiger partial charge on any atom is 0.255 e. The molecule has 1 aromatic rings. The molecule has 0 aliphatic heterocycles. The summed E-state index contributed by atoms with van der Waals surface area (Å²) in [7, 11) is 0. The molecule has 0 radical (unpaired) electrons. The lowest BCUT2D eigenvalue weighted by Crippen LogP contribution is -2.33. The van der Waals surface area contributed by atoms with Crippen molar-refractivity contribution in [1.29, 1.82) is 5.26 Å². The van der Waals surface area contributed by atoms with Gasteiger partial charge in [0.05, 0.1) is 11.6 Å². The third-order valence-corrected chi connectivity index (χ3v) is 1.69. The van der Waals surface area contributed by atoms with E-state index in [1.54, 1.807) is 0 Å². The van der Waals surface area contributed by atoms with Gasteiger partial charge in [0.25, 0.3) is 5.91 Å². The predicted molar refractivity (Wildman–Crippen MR) is 49.2 cm³/mol. The number of hydrogen-bond acceptors (Lipinski definition) is 4. The van der Waals surface area contributed by atoms with Crippen molar-refractivity contribution >= 4 is 5.91 Å². The summed E-state index contributed by atoms with van der Waals surface area (Å²) in [4.78, 5) is 18.9. The Morgan fingerprint density at radius 2 is 2.29 bits per heavy atom. The van der Waals surface area contributed by atoms with E-state index in [0.717, 1.165) is 0 Å². The highest BCUT2D eigenvalue weighted by atomic mass is 16.1. The minimum atomic E-state index is -0.456. The van der Waals surface area contributed by atoms with Gasteiger partial charge in [-0.25, -0.2) is 9.97 Å². The number of nitrogens with one attached hydrogen (secondary N) is 1. The van der Waals surface area contributed by atoms with Crippen LogP contribution in [0.15, 0.2) is 18.7 Å². The molecule has 0 aliphatic carbocycles. The van der Waals surface area contributed by atoms with Gasteiger partial charge in [-0.3, -0.25) is 4.79 Å². The minimum Gasteiger partial charge on any atom is -0.336 e. The summed E-state index contributed by atoms with van der Waals surface area (Å²) in [5.74, 6) is -0.320. The van der Waals surface area contributed by atoms with Crippen LogP contribution in [0.25, 0.3) is 0 Å². The van der Waals surface area contributed by atoms with Crippen LogP contribution in [0.1, 0.15) is 23.7 Å². The van der Waals surface area contributed by atoms with Gasteiger partial charge in [0.15, 0.2) is 0 Å². The third-order valence-electron chi connectivity index (χ3n) is 1.69. The first kappa shape index (κ1) is 10.1. The molecule has 0 saturated heterocycles. The summed E-state index contributed by atoms with van der Waals surface area (Å²) in [5, 5.41) is 11.2. The molecule has 1 heterocycles.